The SMILES string of the molecule is CCOc1cc(C2C3=C(CCCC3=O)OC3=C2C(=O)CCC3)cc(Br)c1OCC(=O)Nc1ccccc1Cl. The van der Waals surface area contributed by atoms with Crippen LogP contribution in [0.2, 0.25) is 5.02 Å². The quantitative estimate of drug-likeness (QED) is 0.383. The monoisotopic (exact) mass is 599 g/mol. The molecule has 0 saturated carbocycles. The lowest BCUT2D eigenvalue weighted by molar-refractivity contribution is -0.119. The molecule has 0 fully saturated rings. The molecule has 2 aromatic carbocycles. The Morgan fingerprint density at radius 2 is 1.68 bits per heavy atom. The zero-order chi connectivity index (χ0) is 26.8. The molecule has 1 amide bonds. The molecule has 1 aliphatic heterocycles. The van der Waals surface area contributed by atoms with Gasteiger partial charge in [-0.1, -0.05) is 23.7 Å². The molecule has 0 unspecified atom stereocenters. The van der Waals surface area contributed by atoms with Gasteiger partial charge in [0.25, 0.3) is 5.91 Å². The molecule has 198 valence electrons. The number of carbonyl (C=O) groups excluding carboxylic acids is 3. The summed E-state index contributed by atoms with van der Waals surface area (Å²) in [4.78, 5) is 38.8. The number of anilines is 1. The van der Waals surface area contributed by atoms with E-state index < -0.39 is 5.92 Å². The zero-order valence-electron chi connectivity index (χ0n) is 20.9. The first kappa shape index (κ1) is 26.5. The first-order chi connectivity index (χ1) is 18.4. The first-order valence-electron chi connectivity index (χ1n) is 12.7. The van der Waals surface area contributed by atoms with E-state index in [0.29, 0.717) is 81.6 Å². The van der Waals surface area contributed by atoms with E-state index in [-0.39, 0.29) is 24.1 Å². The number of amides is 1. The Labute approximate surface area is 234 Å². The smallest absolute Gasteiger partial charge is 0.262 e. The number of para-hydroxylation sites is 1. The van der Waals surface area contributed by atoms with Crippen LogP contribution < -0.4 is 14.8 Å². The summed E-state index contributed by atoms with van der Waals surface area (Å²) in [6.45, 7) is 1.92. The molecule has 0 atom stereocenters. The van der Waals surface area contributed by atoms with Crippen LogP contribution in [0.5, 0.6) is 11.5 Å². The largest absolute Gasteiger partial charge is 0.490 e. The third-order valence-corrected chi connectivity index (χ3v) is 7.72. The van der Waals surface area contributed by atoms with Crippen LogP contribution in [0.25, 0.3) is 0 Å². The Morgan fingerprint density at radius 1 is 1.03 bits per heavy atom. The van der Waals surface area contributed by atoms with Gasteiger partial charge in [-0.05, 0) is 65.5 Å². The van der Waals surface area contributed by atoms with E-state index in [0.717, 1.165) is 18.4 Å². The summed E-state index contributed by atoms with van der Waals surface area (Å²) in [7, 11) is 0. The first-order valence-corrected chi connectivity index (χ1v) is 13.9. The summed E-state index contributed by atoms with van der Waals surface area (Å²) in [6.07, 6.45) is 3.66. The zero-order valence-corrected chi connectivity index (χ0v) is 23.2. The second kappa shape index (κ2) is 11.3. The van der Waals surface area contributed by atoms with Crippen LogP contribution in [0.1, 0.15) is 56.9 Å². The van der Waals surface area contributed by atoms with Crippen LogP contribution in [0.15, 0.2) is 63.5 Å². The molecule has 2 aromatic rings. The van der Waals surface area contributed by atoms with Gasteiger partial charge in [0.15, 0.2) is 29.7 Å². The van der Waals surface area contributed by atoms with Gasteiger partial charge < -0.3 is 19.5 Å². The van der Waals surface area contributed by atoms with Gasteiger partial charge in [0, 0.05) is 42.7 Å². The van der Waals surface area contributed by atoms with Crippen molar-refractivity contribution in [3.63, 3.8) is 0 Å². The van der Waals surface area contributed by atoms with Crippen molar-refractivity contribution in [2.45, 2.75) is 51.4 Å². The number of rotatable bonds is 7. The molecule has 38 heavy (non-hydrogen) atoms. The van der Waals surface area contributed by atoms with E-state index in [1.54, 1.807) is 30.3 Å². The minimum absolute atomic E-state index is 0.00632. The maximum Gasteiger partial charge on any atom is 0.262 e. The van der Waals surface area contributed by atoms with Gasteiger partial charge in [-0.15, -0.1) is 0 Å². The van der Waals surface area contributed by atoms with E-state index >= 15 is 0 Å². The summed E-state index contributed by atoms with van der Waals surface area (Å²) in [6, 6.07) is 10.6. The Balaban J connectivity index is 1.48. The molecule has 2 aliphatic carbocycles. The van der Waals surface area contributed by atoms with Gasteiger partial charge in [-0.2, -0.15) is 0 Å². The molecule has 5 rings (SSSR count). The van der Waals surface area contributed by atoms with Crippen LogP contribution in [-0.2, 0) is 19.1 Å². The second-order valence-corrected chi connectivity index (χ2v) is 10.6. The summed E-state index contributed by atoms with van der Waals surface area (Å²) in [5, 5.41) is 3.16. The number of carbonyl (C=O) groups is 3. The minimum atomic E-state index is -0.526. The van der Waals surface area contributed by atoms with E-state index in [2.05, 4.69) is 21.2 Å². The van der Waals surface area contributed by atoms with Crippen molar-refractivity contribution >= 4 is 50.7 Å². The number of ketones is 2. The second-order valence-electron chi connectivity index (χ2n) is 9.34. The number of hydrogen-bond donors (Lipinski definition) is 1. The summed E-state index contributed by atoms with van der Waals surface area (Å²) in [5.74, 6) is 1.21. The highest BCUT2D eigenvalue weighted by Gasteiger charge is 2.42. The van der Waals surface area contributed by atoms with Gasteiger partial charge in [-0.3, -0.25) is 14.4 Å². The van der Waals surface area contributed by atoms with Crippen molar-refractivity contribution in [2.75, 3.05) is 18.5 Å². The van der Waals surface area contributed by atoms with Crippen molar-refractivity contribution in [1.82, 2.24) is 0 Å². The summed E-state index contributed by atoms with van der Waals surface area (Å²) in [5.41, 5.74) is 2.35. The average Bonchev–Trinajstić information content (AvgIpc) is 2.89. The molecule has 0 saturated heterocycles. The Kier molecular flexibility index (Phi) is 7.91. The third kappa shape index (κ3) is 5.24. The number of benzene rings is 2. The molecular formula is C29H27BrClNO6. The molecule has 1 heterocycles. The highest BCUT2D eigenvalue weighted by molar-refractivity contribution is 9.10. The van der Waals surface area contributed by atoms with Gasteiger partial charge in [0.2, 0.25) is 0 Å². The normalized spacial score (nSPS) is 17.6. The van der Waals surface area contributed by atoms with Crippen molar-refractivity contribution in [2.24, 2.45) is 0 Å². The molecule has 0 aromatic heterocycles. The van der Waals surface area contributed by atoms with Crippen molar-refractivity contribution < 1.29 is 28.6 Å². The average molecular weight is 601 g/mol. The molecular weight excluding hydrogens is 574 g/mol. The van der Waals surface area contributed by atoms with Gasteiger partial charge in [0.1, 0.15) is 11.5 Å². The predicted molar refractivity (Wildman–Crippen MR) is 146 cm³/mol. The number of halogens is 2. The van der Waals surface area contributed by atoms with Crippen LogP contribution >= 0.6 is 27.5 Å². The van der Waals surface area contributed by atoms with E-state index in [4.69, 9.17) is 25.8 Å². The topological polar surface area (TPSA) is 90.9 Å². The fraction of sp³-hybridized carbons (Fsp3) is 0.345. The Morgan fingerprint density at radius 3 is 2.32 bits per heavy atom. The van der Waals surface area contributed by atoms with Crippen molar-refractivity contribution in [1.29, 1.82) is 0 Å². The van der Waals surface area contributed by atoms with Crippen molar-refractivity contribution in [3.8, 4) is 11.5 Å². The Bertz CT molecular complexity index is 1340. The Hall–Kier alpha value is -3.10. The number of allylic oxidation sites excluding steroid dienone is 4. The standard InChI is InChI=1S/C29H27BrClNO6/c1-2-36-24-14-16(13-17(30)29(24)37-15-25(35)32-19-8-4-3-7-18(19)31)26-27-20(33)9-5-11-22(27)38-23-12-6-10-21(34)28(23)26/h3-4,7-8,13-14,26H,2,5-6,9-12,15H2,1H3,(H,32,35). The highest BCUT2D eigenvalue weighted by atomic mass is 79.9. The van der Waals surface area contributed by atoms with Crippen LogP contribution in [0, 0.1) is 0 Å². The fourth-order valence-electron chi connectivity index (χ4n) is 5.20. The lowest BCUT2D eigenvalue weighted by atomic mass is 9.73. The minimum Gasteiger partial charge on any atom is -0.490 e. The van der Waals surface area contributed by atoms with Crippen LogP contribution in [0.4, 0.5) is 5.69 Å². The lowest BCUT2D eigenvalue weighted by Gasteiger charge is -2.36. The number of ether oxygens (including phenoxy) is 3. The number of Topliss-reactive ketones (excluding diaryl/α,β-unsaturated/α-hetero) is 2. The van der Waals surface area contributed by atoms with Crippen LogP contribution in [0.3, 0.4) is 0 Å². The van der Waals surface area contributed by atoms with Gasteiger partial charge in [0.05, 0.1) is 21.8 Å². The molecule has 0 bridgehead atoms. The third-order valence-electron chi connectivity index (χ3n) is 6.80. The molecule has 1 N–H and O–H groups in total. The summed E-state index contributed by atoms with van der Waals surface area (Å²) >= 11 is 9.72. The molecule has 0 spiro atoms. The predicted octanol–water partition coefficient (Wildman–Crippen LogP) is 6.65. The lowest BCUT2D eigenvalue weighted by Crippen LogP contribution is -2.30. The number of hydrogen-bond acceptors (Lipinski definition) is 6. The molecule has 9 heteroatoms. The van der Waals surface area contributed by atoms with E-state index in [1.165, 1.54) is 0 Å². The molecule has 3 aliphatic rings. The van der Waals surface area contributed by atoms with E-state index in [9.17, 15) is 14.4 Å². The van der Waals surface area contributed by atoms with Crippen LogP contribution in [-0.4, -0.2) is 30.7 Å². The highest BCUT2D eigenvalue weighted by Crippen LogP contribution is 2.50. The van der Waals surface area contributed by atoms with E-state index in [1.807, 2.05) is 13.0 Å². The maximum atomic E-state index is 13.1. The molecule has 7 nitrogen and oxygen atoms in total. The number of nitrogens with one attached hydrogen (secondary N) is 1. The molecule has 0 radical (unpaired) electrons. The van der Waals surface area contributed by atoms with Gasteiger partial charge in [-0.25, -0.2) is 0 Å². The fourth-order valence-corrected chi connectivity index (χ4v) is 5.95. The van der Waals surface area contributed by atoms with Gasteiger partial charge >= 0.3 is 0 Å². The maximum absolute atomic E-state index is 13.1. The van der Waals surface area contributed by atoms with Crippen molar-refractivity contribution in [3.05, 3.63) is 74.1 Å². The summed E-state index contributed by atoms with van der Waals surface area (Å²) < 4.78 is 18.5.